The van der Waals surface area contributed by atoms with Crippen molar-refractivity contribution in [1.82, 2.24) is 19.7 Å². The van der Waals surface area contributed by atoms with Crippen molar-refractivity contribution in [3.8, 4) is 22.9 Å². The number of aromatic nitrogens is 4. The zero-order valence-corrected chi connectivity index (χ0v) is 18.2. The van der Waals surface area contributed by atoms with E-state index in [-0.39, 0.29) is 12.7 Å². The molecule has 9 heteroatoms. The van der Waals surface area contributed by atoms with E-state index in [9.17, 15) is 4.79 Å². The van der Waals surface area contributed by atoms with E-state index in [1.807, 2.05) is 67.6 Å². The van der Waals surface area contributed by atoms with Crippen LogP contribution >= 0.6 is 0 Å². The predicted molar refractivity (Wildman–Crippen MR) is 125 cm³/mol. The van der Waals surface area contributed by atoms with Gasteiger partial charge in [-0.1, -0.05) is 24.3 Å². The van der Waals surface area contributed by atoms with Gasteiger partial charge in [-0.2, -0.15) is 4.98 Å². The molecular formula is C25H20N6O3. The first kappa shape index (κ1) is 20.0. The number of anilines is 2. The largest absolute Gasteiger partial charge is 0.454 e. The Morgan fingerprint density at radius 1 is 1.09 bits per heavy atom. The van der Waals surface area contributed by atoms with Gasteiger partial charge in [-0.05, 0) is 48.9 Å². The highest BCUT2D eigenvalue weighted by Gasteiger charge is 2.35. The summed E-state index contributed by atoms with van der Waals surface area (Å²) in [4.78, 5) is 22.4. The van der Waals surface area contributed by atoms with Crippen LogP contribution in [0.15, 0.2) is 84.3 Å². The highest BCUT2D eigenvalue weighted by Crippen LogP contribution is 2.41. The van der Waals surface area contributed by atoms with E-state index in [2.05, 4.69) is 20.6 Å². The van der Waals surface area contributed by atoms with Gasteiger partial charge in [0.05, 0.1) is 5.57 Å². The smallest absolute Gasteiger partial charge is 0.255 e. The number of benzene rings is 2. The molecule has 9 nitrogen and oxygen atoms in total. The molecule has 0 spiro atoms. The summed E-state index contributed by atoms with van der Waals surface area (Å²) in [5.74, 6) is 2.12. The van der Waals surface area contributed by atoms with Gasteiger partial charge in [0.1, 0.15) is 6.04 Å². The van der Waals surface area contributed by atoms with Gasteiger partial charge >= 0.3 is 0 Å². The van der Waals surface area contributed by atoms with E-state index in [1.165, 1.54) is 0 Å². The molecule has 0 saturated carbocycles. The van der Waals surface area contributed by atoms with E-state index in [1.54, 1.807) is 17.1 Å². The van der Waals surface area contributed by atoms with Gasteiger partial charge in [0.15, 0.2) is 17.3 Å². The summed E-state index contributed by atoms with van der Waals surface area (Å²) in [6.07, 6.45) is 3.41. The first-order valence-corrected chi connectivity index (χ1v) is 10.8. The molecule has 0 aliphatic carbocycles. The zero-order chi connectivity index (χ0) is 23.1. The number of fused-ring (bicyclic) bond motifs is 2. The van der Waals surface area contributed by atoms with Gasteiger partial charge < -0.3 is 20.1 Å². The molecule has 168 valence electrons. The number of allylic oxidation sites excluding steroid dienone is 1. The minimum Gasteiger partial charge on any atom is -0.454 e. The molecule has 4 aromatic rings. The minimum atomic E-state index is -0.535. The first-order valence-electron chi connectivity index (χ1n) is 10.8. The summed E-state index contributed by atoms with van der Waals surface area (Å²) in [7, 11) is 0. The number of carbonyl (C=O) groups is 1. The molecule has 0 bridgehead atoms. The number of hydrogen-bond donors (Lipinski definition) is 2. The lowest BCUT2D eigenvalue weighted by atomic mass is 9.94. The molecule has 2 aromatic heterocycles. The highest BCUT2D eigenvalue weighted by atomic mass is 16.7. The predicted octanol–water partition coefficient (Wildman–Crippen LogP) is 4.00. The van der Waals surface area contributed by atoms with Crippen LogP contribution in [0.25, 0.3) is 11.4 Å². The van der Waals surface area contributed by atoms with Crippen molar-refractivity contribution in [1.29, 1.82) is 0 Å². The monoisotopic (exact) mass is 452 g/mol. The van der Waals surface area contributed by atoms with E-state index in [4.69, 9.17) is 14.6 Å². The number of amides is 1. The number of nitrogens with one attached hydrogen (secondary N) is 2. The molecule has 1 atom stereocenters. The lowest BCUT2D eigenvalue weighted by molar-refractivity contribution is -0.113. The van der Waals surface area contributed by atoms with Crippen LogP contribution in [0.5, 0.6) is 11.5 Å². The van der Waals surface area contributed by atoms with Gasteiger partial charge in [0.25, 0.3) is 5.91 Å². The Kier molecular flexibility index (Phi) is 4.72. The van der Waals surface area contributed by atoms with Gasteiger partial charge in [-0.15, -0.1) is 5.10 Å². The lowest BCUT2D eigenvalue weighted by Crippen LogP contribution is -2.31. The van der Waals surface area contributed by atoms with Crippen molar-refractivity contribution in [3.05, 3.63) is 89.9 Å². The normalized spacial score (nSPS) is 16.1. The topological polar surface area (TPSA) is 103 Å². The van der Waals surface area contributed by atoms with Crippen LogP contribution in [0, 0.1) is 0 Å². The van der Waals surface area contributed by atoms with Crippen LogP contribution in [-0.2, 0) is 4.79 Å². The molecule has 0 radical (unpaired) electrons. The Labute approximate surface area is 195 Å². The molecule has 1 amide bonds. The number of carbonyl (C=O) groups excluding carboxylic acids is 1. The Balaban J connectivity index is 1.47. The molecule has 0 fully saturated rings. The van der Waals surface area contributed by atoms with Crippen molar-refractivity contribution in [2.24, 2.45) is 0 Å². The summed E-state index contributed by atoms with van der Waals surface area (Å²) < 4.78 is 12.8. The zero-order valence-electron chi connectivity index (χ0n) is 18.2. The summed E-state index contributed by atoms with van der Waals surface area (Å²) in [6.45, 7) is 2.03. The van der Waals surface area contributed by atoms with Crippen molar-refractivity contribution in [2.75, 3.05) is 17.4 Å². The molecule has 34 heavy (non-hydrogen) atoms. The Morgan fingerprint density at radius 3 is 2.76 bits per heavy atom. The number of rotatable bonds is 4. The number of pyridine rings is 1. The molecular weight excluding hydrogens is 432 g/mol. The van der Waals surface area contributed by atoms with Crippen LogP contribution in [0.3, 0.4) is 0 Å². The van der Waals surface area contributed by atoms with Crippen molar-refractivity contribution >= 4 is 17.5 Å². The fraction of sp³-hybridized carbons (Fsp3) is 0.120. The van der Waals surface area contributed by atoms with E-state index >= 15 is 0 Å². The standard InChI is InChI=1S/C25H20N6O3/c1-15-21(24(32)28-18-7-3-2-4-8-18)22(16-9-10-19-20(12-16)34-14-33-19)31-25(27-15)29-23(30-31)17-6-5-11-26-13-17/h2-13,22H,14H2,1H3,(H,28,32)(H,27,29,30). The maximum Gasteiger partial charge on any atom is 0.255 e. The number of para-hydroxylation sites is 1. The summed E-state index contributed by atoms with van der Waals surface area (Å²) in [5.41, 5.74) is 3.53. The summed E-state index contributed by atoms with van der Waals surface area (Å²) >= 11 is 0. The first-order chi connectivity index (χ1) is 16.7. The average Bonchev–Trinajstić information content (AvgIpc) is 3.50. The Bertz CT molecular complexity index is 1420. The van der Waals surface area contributed by atoms with Crippen LogP contribution in [0.4, 0.5) is 11.6 Å². The third kappa shape index (κ3) is 3.43. The minimum absolute atomic E-state index is 0.168. The van der Waals surface area contributed by atoms with Crippen LogP contribution in [0.1, 0.15) is 18.5 Å². The number of ether oxygens (including phenoxy) is 2. The molecule has 6 rings (SSSR count). The highest BCUT2D eigenvalue weighted by molar-refractivity contribution is 6.06. The van der Waals surface area contributed by atoms with Crippen molar-refractivity contribution < 1.29 is 14.3 Å². The molecule has 2 N–H and O–H groups in total. The van der Waals surface area contributed by atoms with E-state index in [0.29, 0.717) is 40.2 Å². The van der Waals surface area contributed by atoms with Gasteiger partial charge in [-0.3, -0.25) is 9.78 Å². The average molecular weight is 452 g/mol. The molecule has 2 aromatic carbocycles. The number of nitrogens with zero attached hydrogens (tertiary/aromatic N) is 4. The maximum atomic E-state index is 13.5. The second kappa shape index (κ2) is 8.04. The number of hydrogen-bond acceptors (Lipinski definition) is 7. The second-order valence-corrected chi connectivity index (χ2v) is 7.94. The van der Waals surface area contributed by atoms with Gasteiger partial charge in [0, 0.05) is 29.3 Å². The third-order valence-electron chi connectivity index (χ3n) is 5.76. The summed E-state index contributed by atoms with van der Waals surface area (Å²) in [5, 5.41) is 11.0. The van der Waals surface area contributed by atoms with Crippen molar-refractivity contribution in [2.45, 2.75) is 13.0 Å². The molecule has 2 aliphatic heterocycles. The van der Waals surface area contributed by atoms with Crippen LogP contribution in [-0.4, -0.2) is 32.4 Å². The van der Waals surface area contributed by atoms with Gasteiger partial charge in [-0.25, -0.2) is 4.68 Å². The second-order valence-electron chi connectivity index (χ2n) is 7.94. The Morgan fingerprint density at radius 2 is 1.94 bits per heavy atom. The van der Waals surface area contributed by atoms with Crippen LogP contribution in [0.2, 0.25) is 0 Å². The maximum absolute atomic E-state index is 13.5. The molecule has 1 unspecified atom stereocenters. The van der Waals surface area contributed by atoms with Gasteiger partial charge in [0.2, 0.25) is 12.7 Å². The molecule has 4 heterocycles. The fourth-order valence-corrected chi connectivity index (χ4v) is 4.17. The summed E-state index contributed by atoms with van der Waals surface area (Å²) in [6, 6.07) is 18.2. The Hall–Kier alpha value is -4.66. The van der Waals surface area contributed by atoms with E-state index < -0.39 is 6.04 Å². The lowest BCUT2D eigenvalue weighted by Gasteiger charge is -2.28. The SMILES string of the molecule is CC1=C(C(=O)Nc2ccccc2)C(c2ccc3c(c2)OCO3)n2nc(-c3cccnc3)nc2N1. The van der Waals surface area contributed by atoms with E-state index in [0.717, 1.165) is 11.1 Å². The third-order valence-corrected chi connectivity index (χ3v) is 5.76. The quantitative estimate of drug-likeness (QED) is 0.482. The molecule has 2 aliphatic rings. The fourth-order valence-electron chi connectivity index (χ4n) is 4.17. The molecule has 0 saturated heterocycles. The van der Waals surface area contributed by atoms with Crippen molar-refractivity contribution in [3.63, 3.8) is 0 Å². The van der Waals surface area contributed by atoms with Crippen LogP contribution < -0.4 is 20.1 Å².